The van der Waals surface area contributed by atoms with E-state index in [1.807, 2.05) is 0 Å². The van der Waals surface area contributed by atoms with Crippen LogP contribution in [-0.2, 0) is 198 Å². The molecule has 130 heavy (non-hydrogen) atoms. The minimum atomic E-state index is -4.39. The molecule has 2 rings (SSSR count). The molecule has 0 saturated carbocycles. The van der Waals surface area contributed by atoms with E-state index in [-0.39, 0.29) is 193 Å². The Morgan fingerprint density at radius 3 is 0.662 bits per heavy atom. The van der Waals surface area contributed by atoms with Gasteiger partial charge in [-0.25, -0.2) is 4.79 Å². The third kappa shape index (κ3) is 46.5. The quantitative estimate of drug-likeness (QED) is 0.0124. The van der Waals surface area contributed by atoms with E-state index in [0.29, 0.717) is 37.2 Å². The maximum atomic E-state index is 12.7. The largest absolute Gasteiger partial charge is 1.00 e. The summed E-state index contributed by atoms with van der Waals surface area (Å²) in [6.45, 7) is 7.06. The van der Waals surface area contributed by atoms with E-state index in [1.165, 1.54) is 34.6 Å². The molecule has 63 heteroatoms. The average Bonchev–Trinajstić information content (AvgIpc) is 0.909. The first kappa shape index (κ1) is 151. The van der Waals surface area contributed by atoms with E-state index in [9.17, 15) is 119 Å². The Hall–Kier alpha value is -1.85. The van der Waals surface area contributed by atoms with Gasteiger partial charge in [0.15, 0.2) is 0 Å². The normalized spacial score (nSPS) is 13.2. The molecule has 2 fully saturated rings. The predicted molar refractivity (Wildman–Crippen MR) is 467 cm³/mol. The van der Waals surface area contributed by atoms with Crippen LogP contribution in [0.15, 0.2) is 0 Å². The van der Waals surface area contributed by atoms with E-state index in [2.05, 4.69) is 27.5 Å². The number of aliphatic hydroxyl groups is 4. The van der Waals surface area contributed by atoms with Gasteiger partial charge in [0.1, 0.15) is 28.9 Å². The number of carbonyl (C=O) groups is 12. The van der Waals surface area contributed by atoms with Gasteiger partial charge in [-0.3, -0.25) is 75.1 Å². The van der Waals surface area contributed by atoms with E-state index >= 15 is 0 Å². The summed E-state index contributed by atoms with van der Waals surface area (Å²) < 4.78 is 211. The summed E-state index contributed by atoms with van der Waals surface area (Å²) in [6.07, 6.45) is 0.890. The molecule has 2 heterocycles. The van der Waals surface area contributed by atoms with Crippen molar-refractivity contribution in [1.29, 1.82) is 0 Å². The Labute approximate surface area is 790 Å². The Balaban J connectivity index is -0.000000142. The van der Waals surface area contributed by atoms with Crippen molar-refractivity contribution >= 4 is 158 Å². The maximum Gasteiger partial charge on any atom is 1.00 e. The zero-order valence-corrected chi connectivity index (χ0v) is 88.2. The Morgan fingerprint density at radius 2 is 0.508 bits per heavy atom. The molecule has 0 aromatic carbocycles. The number of carbonyl (C=O) groups excluding carboxylic acids is 12. The van der Waals surface area contributed by atoms with E-state index in [0.717, 1.165) is 128 Å². The summed E-state index contributed by atoms with van der Waals surface area (Å²) in [5.41, 5.74) is -0.580. The van der Waals surface area contributed by atoms with Crippen molar-refractivity contribution in [2.24, 2.45) is 0 Å². The van der Waals surface area contributed by atoms with Gasteiger partial charge in [-0.15, -0.1) is 5.06 Å². The van der Waals surface area contributed by atoms with Gasteiger partial charge >= 0.3 is 112 Å². The number of hydrogen-bond donors (Lipinski definition) is 5. The van der Waals surface area contributed by atoms with Gasteiger partial charge in [0, 0.05) is 252 Å². The molecule has 2 aliphatic rings. The molecule has 6 N–H and O–H groups in total. The molecule has 0 aromatic heterocycles. The number of hydrogen-bond acceptors (Lipinski definition) is 49. The maximum absolute atomic E-state index is 12.7. The van der Waals surface area contributed by atoms with E-state index in [1.54, 1.807) is 21.3 Å². The number of imide groups is 2. The zero-order valence-electron chi connectivity index (χ0n) is 76.5. The van der Waals surface area contributed by atoms with Crippen LogP contribution in [0, 0.1) is 0 Å². The summed E-state index contributed by atoms with van der Waals surface area (Å²) in [5, 5.41) is 41.1. The van der Waals surface area contributed by atoms with Crippen molar-refractivity contribution in [1.82, 2.24) is 10.1 Å². The fourth-order valence-electron chi connectivity index (χ4n) is 9.80. The van der Waals surface area contributed by atoms with Crippen molar-refractivity contribution in [2.45, 2.75) is 218 Å². The first-order valence-corrected chi connectivity index (χ1v) is 51.6. The molecule has 770 valence electrons. The van der Waals surface area contributed by atoms with Gasteiger partial charge in [0.25, 0.3) is 44.0 Å². The fraction of sp³-hybridized carbons (Fsp3) is 0.821. The summed E-state index contributed by atoms with van der Waals surface area (Å²) in [6, 6.07) is 0. The second kappa shape index (κ2) is 74.2. The van der Waals surface area contributed by atoms with Crippen molar-refractivity contribution in [3.05, 3.63) is 0 Å². The fourth-order valence-corrected chi connectivity index (χ4v) is 29.4. The Bertz CT molecular complexity index is 3450. The van der Waals surface area contributed by atoms with Crippen LogP contribution in [0.25, 0.3) is 0 Å². The molecule has 0 unspecified atom stereocenters. The molecule has 0 aliphatic carbocycles. The SMILES string of the molecule is C.C.C.CC(=O)CCCC(=O)Cl.COP(=O)(OC)C(=O)CCCC(C)=O.COP(=O)(OC)C(O)(CCCC(=O)ON1C(=O)CCC1=O)P(=O)(OC)OC.COP(=O)(OC)C(O)(CCCC(C)=O)P(=O)(OC)OC.COP(=O)(OC)C(O)(CCCC(C)=O)P(=O)(OC)OC.COP(=O)(OC)C(O)(CCCC(C)=O)P(=O)(OC)OC.COP(OC)OC.O=C1CCC(=O)N1O.[Na+].[OH-]. The van der Waals surface area contributed by atoms with Crippen LogP contribution in [0.5, 0.6) is 0 Å². The van der Waals surface area contributed by atoms with Gasteiger partial charge in [-0.2, -0.15) is 5.06 Å². The summed E-state index contributed by atoms with van der Waals surface area (Å²) in [4.78, 5) is 135. The van der Waals surface area contributed by atoms with Gasteiger partial charge < -0.3 is 150 Å². The van der Waals surface area contributed by atoms with Crippen LogP contribution in [0.3, 0.4) is 0 Å². The molecule has 4 amide bonds. The van der Waals surface area contributed by atoms with Crippen molar-refractivity contribution in [3.8, 4) is 0 Å². The molecular weight excluding hydrogens is 1980 g/mol. The van der Waals surface area contributed by atoms with Crippen LogP contribution in [-0.4, -0.2) is 280 Å². The molecule has 0 aromatic rings. The van der Waals surface area contributed by atoms with Crippen LogP contribution in [0.1, 0.15) is 198 Å². The second-order valence-electron chi connectivity index (χ2n) is 24.7. The molecular formula is C67H140ClN2NaO49P10. The number of halogens is 1. The van der Waals surface area contributed by atoms with E-state index in [4.69, 9.17) is 89.2 Å². The summed E-state index contributed by atoms with van der Waals surface area (Å²) in [5.74, 6) is -3.51. The third-order valence-corrected chi connectivity index (χ3v) is 41.9. The van der Waals surface area contributed by atoms with Crippen LogP contribution in [0.2, 0.25) is 0 Å². The first-order valence-electron chi connectivity index (χ1n) is 36.2. The number of rotatable bonds is 55. The smallest absolute Gasteiger partial charge is 0.870 e. The van der Waals surface area contributed by atoms with Gasteiger partial charge in [0.05, 0.1) is 0 Å². The van der Waals surface area contributed by atoms with Crippen LogP contribution >= 0.6 is 88.6 Å². The number of amides is 4. The molecule has 0 radical (unpaired) electrons. The van der Waals surface area contributed by atoms with Crippen LogP contribution < -0.4 is 29.6 Å². The number of nitrogens with zero attached hydrogens (tertiary/aromatic N) is 2. The van der Waals surface area contributed by atoms with Crippen molar-refractivity contribution < 1.29 is 259 Å². The Morgan fingerprint density at radius 1 is 0.323 bits per heavy atom. The molecule has 2 aliphatic heterocycles. The van der Waals surface area contributed by atoms with E-state index < -0.39 is 145 Å². The molecule has 0 atom stereocenters. The van der Waals surface area contributed by atoms with Crippen LogP contribution in [0.4, 0.5) is 0 Å². The molecule has 0 spiro atoms. The zero-order chi connectivity index (χ0) is 99.3. The number of ketones is 5. The first-order chi connectivity index (χ1) is 57.7. The minimum Gasteiger partial charge on any atom is -0.870 e. The monoisotopic (exact) mass is 2120 g/mol. The second-order valence-corrected chi connectivity index (χ2v) is 50.0. The number of Topliss-reactive ketones (excluding diaryl/α,β-unsaturated/α-hetero) is 5. The van der Waals surface area contributed by atoms with Gasteiger partial charge in [-0.05, 0) is 84.7 Å². The Kier molecular flexibility index (Phi) is 86.2. The van der Waals surface area contributed by atoms with Crippen molar-refractivity contribution in [3.63, 3.8) is 0 Å². The summed E-state index contributed by atoms with van der Waals surface area (Å²) >= 11 is 5.01. The molecule has 51 nitrogen and oxygen atoms in total. The average molecular weight is 2130 g/mol. The standard InChI is InChI=1S/C13H23NO11P2.3C10H22O8P2.C8H15O5P.C6H9ClO2.C4H5NO3.C3H9O3P.3CH4.Na.H2O/c1-21-26(19,22-2)13(18,27(20,23-3)24-4)9-5-6-12(17)25-14-10(15)7-8-11(14)16;3*1-9(11)7-6-8-10(12,19(13,15-2)16-3)20(14,17-4)18-5;1-7(9)5-4-6-8(10)14(11,12-2)13-3;1-5(8)3-2-4-6(7)9;6-3-1-2-4(7)5(3)8;1-4-7(5-2)6-3;;;;;/h18H,5-9H2,1-4H3;3*12H,6-8H2,1-5H3;4-6H2,1-3H3;2-4H2,1H3;8H,1-2H2;1-3H3;3*1H4;;1H2/q;;;;;;;;;;;+1;/p-1. The molecule has 0 bridgehead atoms. The number of hydroxylamine groups is 4. The van der Waals surface area contributed by atoms with Gasteiger partial charge in [-0.1, -0.05) is 22.3 Å². The van der Waals surface area contributed by atoms with Gasteiger partial charge in [0.2, 0.25) is 10.8 Å². The molecule has 2 saturated heterocycles. The topological polar surface area (TPSA) is 699 Å². The van der Waals surface area contributed by atoms with Crippen molar-refractivity contribution in [2.75, 3.05) is 149 Å². The minimum absolute atomic E-state index is 0. The predicted octanol–water partition coefficient (Wildman–Crippen LogP) is 11.2. The summed E-state index contributed by atoms with van der Waals surface area (Å²) in [7, 11) is -15.1. The third-order valence-electron chi connectivity index (χ3n) is 16.6.